The molecule has 0 aromatic carbocycles. The van der Waals surface area contributed by atoms with Crippen LogP contribution in [0.25, 0.3) is 0 Å². The van der Waals surface area contributed by atoms with Crippen molar-refractivity contribution in [3.8, 4) is 0 Å². The molecule has 2 rings (SSSR count). The first-order chi connectivity index (χ1) is 8.65. The second-order valence-corrected chi connectivity index (χ2v) is 5.00. The van der Waals surface area contributed by atoms with Gasteiger partial charge in [0.15, 0.2) is 5.78 Å². The van der Waals surface area contributed by atoms with Crippen molar-refractivity contribution in [1.82, 2.24) is 9.78 Å². The quantitative estimate of drug-likeness (QED) is 0.803. The van der Waals surface area contributed by atoms with Crippen LogP contribution in [-0.4, -0.2) is 28.3 Å². The van der Waals surface area contributed by atoms with E-state index in [4.69, 9.17) is 4.74 Å². The average molecular weight is 250 g/mol. The number of carbonyl (C=O) groups is 1. The van der Waals surface area contributed by atoms with E-state index in [0.717, 1.165) is 30.8 Å². The lowest BCUT2D eigenvalue weighted by molar-refractivity contribution is -0.128. The fourth-order valence-corrected chi connectivity index (χ4v) is 2.49. The van der Waals surface area contributed by atoms with Crippen molar-refractivity contribution in [3.05, 3.63) is 17.5 Å². The summed E-state index contributed by atoms with van der Waals surface area (Å²) >= 11 is 0. The van der Waals surface area contributed by atoms with Crippen molar-refractivity contribution >= 4 is 5.78 Å². The number of aryl methyl sites for hydroxylation is 2. The first-order valence-corrected chi connectivity index (χ1v) is 6.85. The van der Waals surface area contributed by atoms with Gasteiger partial charge >= 0.3 is 0 Å². The molecule has 1 fully saturated rings. The van der Waals surface area contributed by atoms with Gasteiger partial charge in [0.05, 0.1) is 12.1 Å². The molecule has 18 heavy (non-hydrogen) atoms. The predicted molar refractivity (Wildman–Crippen MR) is 69.5 cm³/mol. The van der Waals surface area contributed by atoms with E-state index in [2.05, 4.69) is 25.9 Å². The van der Waals surface area contributed by atoms with Crippen LogP contribution in [-0.2, 0) is 28.9 Å². The summed E-state index contributed by atoms with van der Waals surface area (Å²) in [5.74, 6) is 0.540. The first kappa shape index (κ1) is 13.3. The Morgan fingerprint density at radius 1 is 1.56 bits per heavy atom. The number of aromatic nitrogens is 2. The molecule has 0 aliphatic carbocycles. The molecular weight excluding hydrogens is 228 g/mol. The van der Waals surface area contributed by atoms with Gasteiger partial charge in [0.1, 0.15) is 6.10 Å². The molecule has 2 atom stereocenters. The third kappa shape index (κ3) is 2.64. The molecule has 1 aromatic heterocycles. The molecule has 2 unspecified atom stereocenters. The Morgan fingerprint density at radius 2 is 2.33 bits per heavy atom. The number of hydrogen-bond donors (Lipinski definition) is 0. The van der Waals surface area contributed by atoms with Crippen LogP contribution in [0, 0.1) is 5.92 Å². The van der Waals surface area contributed by atoms with Crippen molar-refractivity contribution in [2.24, 2.45) is 5.92 Å². The molecule has 0 radical (unpaired) electrons. The summed E-state index contributed by atoms with van der Waals surface area (Å²) < 4.78 is 7.45. The number of rotatable bonds is 5. The highest BCUT2D eigenvalue weighted by molar-refractivity contribution is 5.85. The van der Waals surface area contributed by atoms with Crippen LogP contribution < -0.4 is 0 Å². The molecule has 100 valence electrons. The van der Waals surface area contributed by atoms with Crippen LogP contribution >= 0.6 is 0 Å². The minimum Gasteiger partial charge on any atom is -0.370 e. The fourth-order valence-electron chi connectivity index (χ4n) is 2.49. The van der Waals surface area contributed by atoms with Crippen molar-refractivity contribution < 1.29 is 9.53 Å². The SMILES string of the molecule is CCc1cc(CC(=O)C2OCCC2C)n(CC)n1. The summed E-state index contributed by atoms with van der Waals surface area (Å²) in [5, 5.41) is 4.47. The number of hydrogen-bond acceptors (Lipinski definition) is 3. The molecule has 0 spiro atoms. The van der Waals surface area contributed by atoms with Crippen LogP contribution in [0.2, 0.25) is 0 Å². The Kier molecular flexibility index (Phi) is 4.17. The van der Waals surface area contributed by atoms with Crippen molar-refractivity contribution in [1.29, 1.82) is 0 Å². The minimum atomic E-state index is -0.213. The van der Waals surface area contributed by atoms with Crippen LogP contribution in [0.4, 0.5) is 0 Å². The highest BCUT2D eigenvalue weighted by Gasteiger charge is 2.31. The van der Waals surface area contributed by atoms with Gasteiger partial charge in [-0.2, -0.15) is 5.10 Å². The molecule has 4 nitrogen and oxygen atoms in total. The Bertz CT molecular complexity index is 425. The number of ether oxygens (including phenoxy) is 1. The second-order valence-electron chi connectivity index (χ2n) is 5.00. The summed E-state index contributed by atoms with van der Waals surface area (Å²) in [6.45, 7) is 7.74. The molecule has 4 heteroatoms. The molecule has 0 amide bonds. The second kappa shape index (κ2) is 5.65. The molecule has 0 saturated carbocycles. The highest BCUT2D eigenvalue weighted by atomic mass is 16.5. The van der Waals surface area contributed by atoms with E-state index in [1.54, 1.807) is 0 Å². The summed E-state index contributed by atoms with van der Waals surface area (Å²) in [6, 6.07) is 2.04. The third-order valence-electron chi connectivity index (χ3n) is 3.64. The number of Topliss-reactive ketones (excluding diaryl/α,β-unsaturated/α-hetero) is 1. The van der Waals surface area contributed by atoms with Gasteiger partial charge in [-0.1, -0.05) is 13.8 Å². The van der Waals surface area contributed by atoms with E-state index in [9.17, 15) is 4.79 Å². The normalized spacial score (nSPS) is 23.5. The van der Waals surface area contributed by atoms with Crippen LogP contribution in [0.15, 0.2) is 6.07 Å². The largest absolute Gasteiger partial charge is 0.370 e. The maximum Gasteiger partial charge on any atom is 0.167 e. The zero-order chi connectivity index (χ0) is 13.1. The molecule has 0 bridgehead atoms. The summed E-state index contributed by atoms with van der Waals surface area (Å²) in [4.78, 5) is 12.2. The molecule has 1 aliphatic rings. The molecule has 2 heterocycles. The topological polar surface area (TPSA) is 44.1 Å². The minimum absolute atomic E-state index is 0.192. The number of nitrogens with zero attached hydrogens (tertiary/aromatic N) is 2. The van der Waals surface area contributed by atoms with Gasteiger partial charge in [0, 0.05) is 18.8 Å². The smallest absolute Gasteiger partial charge is 0.167 e. The van der Waals surface area contributed by atoms with Gasteiger partial charge in [-0.3, -0.25) is 9.48 Å². The maximum atomic E-state index is 12.2. The lowest BCUT2D eigenvalue weighted by atomic mass is 9.98. The van der Waals surface area contributed by atoms with Crippen molar-refractivity contribution in [2.75, 3.05) is 6.61 Å². The average Bonchev–Trinajstić information content (AvgIpc) is 2.95. The predicted octanol–water partition coefficient (Wildman–Crippen LogP) is 2.00. The van der Waals surface area contributed by atoms with E-state index >= 15 is 0 Å². The molecule has 1 aliphatic heterocycles. The van der Waals surface area contributed by atoms with E-state index in [1.807, 2.05) is 10.7 Å². The van der Waals surface area contributed by atoms with Gasteiger partial charge in [0.2, 0.25) is 0 Å². The molecular formula is C14H22N2O2. The number of carbonyl (C=O) groups excluding carboxylic acids is 1. The van der Waals surface area contributed by atoms with E-state index < -0.39 is 0 Å². The standard InChI is InChI=1S/C14H22N2O2/c1-4-11-8-12(16(5-2)15-11)9-13(17)14-10(3)6-7-18-14/h8,10,14H,4-7,9H2,1-3H3. The lowest BCUT2D eigenvalue weighted by Gasteiger charge is -2.13. The third-order valence-corrected chi connectivity index (χ3v) is 3.64. The number of ketones is 1. The summed E-state index contributed by atoms with van der Waals surface area (Å²) in [5.41, 5.74) is 2.07. The fraction of sp³-hybridized carbons (Fsp3) is 0.714. The highest BCUT2D eigenvalue weighted by Crippen LogP contribution is 2.22. The zero-order valence-corrected chi connectivity index (χ0v) is 11.5. The van der Waals surface area contributed by atoms with Crippen molar-refractivity contribution in [3.63, 3.8) is 0 Å². The van der Waals surface area contributed by atoms with Crippen LogP contribution in [0.1, 0.15) is 38.6 Å². The van der Waals surface area contributed by atoms with Gasteiger partial charge in [-0.05, 0) is 31.7 Å². The first-order valence-electron chi connectivity index (χ1n) is 6.85. The van der Waals surface area contributed by atoms with Crippen molar-refractivity contribution in [2.45, 2.75) is 52.7 Å². The van der Waals surface area contributed by atoms with Gasteiger partial charge < -0.3 is 4.74 Å². The van der Waals surface area contributed by atoms with Crippen LogP contribution in [0.5, 0.6) is 0 Å². The van der Waals surface area contributed by atoms with E-state index in [-0.39, 0.29) is 11.9 Å². The summed E-state index contributed by atoms with van der Waals surface area (Å²) in [6.07, 6.45) is 2.12. The Morgan fingerprint density at radius 3 is 2.89 bits per heavy atom. The maximum absolute atomic E-state index is 12.2. The van der Waals surface area contributed by atoms with Crippen LogP contribution in [0.3, 0.4) is 0 Å². The molecule has 0 N–H and O–H groups in total. The van der Waals surface area contributed by atoms with Gasteiger partial charge in [-0.15, -0.1) is 0 Å². The monoisotopic (exact) mass is 250 g/mol. The van der Waals surface area contributed by atoms with E-state index in [0.29, 0.717) is 18.9 Å². The van der Waals surface area contributed by atoms with Gasteiger partial charge in [0.25, 0.3) is 0 Å². The van der Waals surface area contributed by atoms with Gasteiger partial charge in [-0.25, -0.2) is 0 Å². The zero-order valence-electron chi connectivity index (χ0n) is 11.5. The summed E-state index contributed by atoms with van der Waals surface area (Å²) in [7, 11) is 0. The lowest BCUT2D eigenvalue weighted by Crippen LogP contribution is -2.27. The Hall–Kier alpha value is -1.16. The molecule has 1 aromatic rings. The molecule has 1 saturated heterocycles. The van der Waals surface area contributed by atoms with E-state index in [1.165, 1.54) is 0 Å². The Balaban J connectivity index is 2.08. The Labute approximate surface area is 108 Å².